The Morgan fingerprint density at radius 2 is 2.06 bits per heavy atom. The molecule has 0 aromatic heterocycles. The first-order valence-electron chi connectivity index (χ1n) is 4.33. The molecular weight excluding hydrogens is 259 g/mol. The molecule has 0 aliphatic heterocycles. The predicted molar refractivity (Wildman–Crippen MR) is 60.6 cm³/mol. The van der Waals surface area contributed by atoms with E-state index in [1.807, 2.05) is 0 Å². The molecule has 0 amide bonds. The molecule has 90 valence electrons. The topological polar surface area (TPSA) is 43.1 Å². The zero-order chi connectivity index (χ0) is 12.2. The molecule has 1 aromatic rings. The molecule has 2 N–H and O–H groups in total. The number of nitrogens with two attached hydrogens (primary N) is 1. The number of hydrogen-bond donors (Lipinski definition) is 1. The molecule has 1 rings (SSSR count). The van der Waals surface area contributed by atoms with Crippen molar-refractivity contribution >= 4 is 28.2 Å². The summed E-state index contributed by atoms with van der Waals surface area (Å²) in [4.78, 5) is 0.461. The van der Waals surface area contributed by atoms with Crippen molar-refractivity contribution in [2.75, 3.05) is 17.2 Å². The molecule has 0 aliphatic carbocycles. The highest BCUT2D eigenvalue weighted by molar-refractivity contribution is 8.00. The Morgan fingerprint density at radius 1 is 1.38 bits per heavy atom. The molecule has 2 nitrogen and oxygen atoms in total. The molecule has 16 heavy (non-hydrogen) atoms. The second-order valence-electron chi connectivity index (χ2n) is 2.92. The van der Waals surface area contributed by atoms with E-state index in [-0.39, 0.29) is 23.3 Å². The fraction of sp³-hybridized carbons (Fsp3) is 0.333. The zero-order valence-electron chi connectivity index (χ0n) is 8.16. The number of anilines is 1. The number of hydrogen-bond acceptors (Lipinski definition) is 3. The third-order valence-corrected chi connectivity index (χ3v) is 4.00. The van der Waals surface area contributed by atoms with E-state index in [1.165, 1.54) is 6.07 Å². The number of nitrogen functional groups attached to an aromatic ring is 1. The molecule has 1 unspecified atom stereocenters. The van der Waals surface area contributed by atoms with E-state index < -0.39 is 16.3 Å². The van der Waals surface area contributed by atoms with Gasteiger partial charge in [-0.05, 0) is 18.2 Å². The van der Waals surface area contributed by atoms with Gasteiger partial charge < -0.3 is 5.73 Å². The lowest BCUT2D eigenvalue weighted by Crippen LogP contribution is -2.07. The molecule has 0 spiro atoms. The predicted octanol–water partition coefficient (Wildman–Crippen LogP) is 2.63. The van der Waals surface area contributed by atoms with Gasteiger partial charge in [0.1, 0.15) is 0 Å². The zero-order valence-corrected chi connectivity index (χ0v) is 9.79. The molecular formula is C9H10F3NOS2. The second kappa shape index (κ2) is 5.58. The van der Waals surface area contributed by atoms with E-state index in [1.54, 1.807) is 18.2 Å². The van der Waals surface area contributed by atoms with E-state index in [9.17, 15) is 17.4 Å². The monoisotopic (exact) mass is 269 g/mol. The quantitative estimate of drug-likeness (QED) is 0.854. The number of rotatable bonds is 4. The van der Waals surface area contributed by atoms with Crippen LogP contribution in [-0.4, -0.2) is 21.2 Å². The van der Waals surface area contributed by atoms with Crippen LogP contribution in [0.4, 0.5) is 18.9 Å². The van der Waals surface area contributed by atoms with Gasteiger partial charge in [-0.25, -0.2) is 0 Å². The Kier molecular flexibility index (Phi) is 4.67. The fourth-order valence-electron chi connectivity index (χ4n) is 1.01. The summed E-state index contributed by atoms with van der Waals surface area (Å²) in [6.07, 6.45) is 0. The van der Waals surface area contributed by atoms with Gasteiger partial charge in [0.2, 0.25) is 0 Å². The first-order chi connectivity index (χ1) is 7.38. The van der Waals surface area contributed by atoms with Crippen molar-refractivity contribution in [2.45, 2.75) is 10.4 Å². The van der Waals surface area contributed by atoms with Gasteiger partial charge in [0.25, 0.3) is 0 Å². The highest BCUT2D eigenvalue weighted by Crippen LogP contribution is 2.30. The van der Waals surface area contributed by atoms with Crippen LogP contribution >= 0.6 is 11.8 Å². The van der Waals surface area contributed by atoms with Crippen LogP contribution in [0.15, 0.2) is 29.2 Å². The van der Waals surface area contributed by atoms with Gasteiger partial charge in [0, 0.05) is 22.1 Å². The van der Waals surface area contributed by atoms with Crippen molar-refractivity contribution in [3.63, 3.8) is 0 Å². The maximum absolute atomic E-state index is 11.8. The second-order valence-corrected chi connectivity index (χ2v) is 5.65. The van der Waals surface area contributed by atoms with Crippen LogP contribution in [-0.2, 0) is 10.8 Å². The van der Waals surface area contributed by atoms with Crippen LogP contribution in [0.3, 0.4) is 0 Å². The van der Waals surface area contributed by atoms with Crippen molar-refractivity contribution in [3.05, 3.63) is 24.3 Å². The maximum Gasteiger partial charge on any atom is 0.441 e. The molecule has 0 fully saturated rings. The first kappa shape index (κ1) is 13.4. The summed E-state index contributed by atoms with van der Waals surface area (Å²) in [6.45, 7) is 0. The Morgan fingerprint density at radius 3 is 2.62 bits per heavy atom. The molecule has 1 aromatic carbocycles. The molecule has 0 saturated heterocycles. The van der Waals surface area contributed by atoms with E-state index >= 15 is 0 Å². The van der Waals surface area contributed by atoms with Crippen LogP contribution in [0.2, 0.25) is 0 Å². The summed E-state index contributed by atoms with van der Waals surface area (Å²) in [6, 6.07) is 6.35. The third kappa shape index (κ3) is 4.89. The van der Waals surface area contributed by atoms with Crippen molar-refractivity contribution in [3.8, 4) is 0 Å². The smallest absolute Gasteiger partial charge is 0.399 e. The van der Waals surface area contributed by atoms with Gasteiger partial charge in [-0.1, -0.05) is 17.8 Å². The normalized spacial score (nSPS) is 13.7. The van der Waals surface area contributed by atoms with Crippen LogP contribution < -0.4 is 5.73 Å². The van der Waals surface area contributed by atoms with Crippen LogP contribution in [0, 0.1) is 0 Å². The largest absolute Gasteiger partial charge is 0.441 e. The summed E-state index contributed by atoms with van der Waals surface area (Å²) in [5, 5.41) is 0. The molecule has 0 aliphatic rings. The summed E-state index contributed by atoms with van der Waals surface area (Å²) in [5.41, 5.74) is 1.66. The lowest BCUT2D eigenvalue weighted by molar-refractivity contribution is -0.0326. The van der Waals surface area contributed by atoms with Crippen LogP contribution in [0.5, 0.6) is 0 Å². The van der Waals surface area contributed by atoms with Crippen LogP contribution in [0.25, 0.3) is 0 Å². The van der Waals surface area contributed by atoms with Crippen LogP contribution in [0.1, 0.15) is 0 Å². The Hall–Kier alpha value is -0.690. The standard InChI is InChI=1S/C9H10F3NOS2/c10-9(11,12)15-4-5-16(14)8-3-1-2-7(13)6-8/h1-3,6H,4-5,13H2. The van der Waals surface area contributed by atoms with Crippen molar-refractivity contribution in [1.29, 1.82) is 0 Å². The van der Waals surface area contributed by atoms with Crippen molar-refractivity contribution in [2.24, 2.45) is 0 Å². The van der Waals surface area contributed by atoms with Gasteiger partial charge in [-0.15, -0.1) is 0 Å². The lowest BCUT2D eigenvalue weighted by Gasteiger charge is -2.05. The number of halogens is 3. The van der Waals surface area contributed by atoms with Crippen molar-refractivity contribution in [1.82, 2.24) is 0 Å². The lowest BCUT2D eigenvalue weighted by atomic mass is 10.3. The van der Waals surface area contributed by atoms with Gasteiger partial charge >= 0.3 is 5.51 Å². The Balaban J connectivity index is 2.47. The van der Waals surface area contributed by atoms with E-state index in [0.29, 0.717) is 10.6 Å². The first-order valence-corrected chi connectivity index (χ1v) is 6.63. The molecule has 0 bridgehead atoms. The van der Waals surface area contributed by atoms with Gasteiger partial charge in [-0.3, -0.25) is 4.21 Å². The number of alkyl halides is 3. The minimum absolute atomic E-state index is 0.0341. The maximum atomic E-state index is 11.8. The van der Waals surface area contributed by atoms with Gasteiger partial charge in [-0.2, -0.15) is 13.2 Å². The summed E-state index contributed by atoms with van der Waals surface area (Å²) in [7, 11) is -1.43. The number of thioether (sulfide) groups is 1. The minimum Gasteiger partial charge on any atom is -0.399 e. The van der Waals surface area contributed by atoms with Gasteiger partial charge in [0.15, 0.2) is 0 Å². The fourth-order valence-corrected chi connectivity index (χ4v) is 2.91. The summed E-state index contributed by atoms with van der Waals surface area (Å²) < 4.78 is 47.0. The Labute approximate surface area is 97.9 Å². The summed E-state index contributed by atoms with van der Waals surface area (Å²) in [5.74, 6) is -0.251. The third-order valence-electron chi connectivity index (χ3n) is 1.66. The molecule has 0 saturated carbocycles. The molecule has 0 radical (unpaired) electrons. The van der Waals surface area contributed by atoms with Gasteiger partial charge in [0.05, 0.1) is 10.8 Å². The van der Waals surface area contributed by atoms with E-state index in [0.717, 1.165) is 0 Å². The van der Waals surface area contributed by atoms with E-state index in [2.05, 4.69) is 0 Å². The SMILES string of the molecule is Nc1cccc(S(=O)CCSC(F)(F)F)c1. The minimum atomic E-state index is -4.26. The highest BCUT2D eigenvalue weighted by Gasteiger charge is 2.27. The Bertz CT molecular complexity index is 381. The average molecular weight is 269 g/mol. The van der Waals surface area contributed by atoms with Crippen molar-refractivity contribution < 1.29 is 17.4 Å². The molecule has 1 atom stereocenters. The average Bonchev–Trinajstić information content (AvgIpc) is 2.15. The summed E-state index contributed by atoms with van der Waals surface area (Å²) >= 11 is -0.164. The highest BCUT2D eigenvalue weighted by atomic mass is 32.2. The number of benzene rings is 1. The van der Waals surface area contributed by atoms with E-state index in [4.69, 9.17) is 5.73 Å². The molecule has 7 heteroatoms. The molecule has 0 heterocycles.